The second-order valence-corrected chi connectivity index (χ2v) is 5.70. The van der Waals surface area contributed by atoms with E-state index in [1.54, 1.807) is 0 Å². The Balaban J connectivity index is 2.25. The largest absolute Gasteiger partial charge is 0.372 e. The van der Waals surface area contributed by atoms with Crippen molar-refractivity contribution < 1.29 is 4.74 Å². The summed E-state index contributed by atoms with van der Waals surface area (Å²) >= 11 is 0. The molecule has 0 saturated carbocycles. The Kier molecular flexibility index (Phi) is 6.98. The molecule has 21 heavy (non-hydrogen) atoms. The van der Waals surface area contributed by atoms with Gasteiger partial charge in [0.15, 0.2) is 0 Å². The molecule has 0 fully saturated rings. The molecular formula is C19H29NO. The van der Waals surface area contributed by atoms with Crippen molar-refractivity contribution in [3.63, 3.8) is 0 Å². The SMILES string of the molecule is CCNC(C1=CCCCCC1)C(OCC)c1ccccc1. The van der Waals surface area contributed by atoms with Crippen LogP contribution in [0.1, 0.15) is 57.6 Å². The Morgan fingerprint density at radius 1 is 1.10 bits per heavy atom. The van der Waals surface area contributed by atoms with Crippen molar-refractivity contribution in [2.24, 2.45) is 0 Å². The molecule has 2 unspecified atom stereocenters. The molecule has 1 aliphatic carbocycles. The number of ether oxygens (including phenoxy) is 1. The molecule has 1 N–H and O–H groups in total. The maximum absolute atomic E-state index is 6.13. The first-order valence-electron chi connectivity index (χ1n) is 8.45. The van der Waals surface area contributed by atoms with Crippen LogP contribution in [-0.2, 0) is 4.74 Å². The van der Waals surface area contributed by atoms with Crippen molar-refractivity contribution >= 4 is 0 Å². The molecule has 2 nitrogen and oxygen atoms in total. The van der Waals surface area contributed by atoms with Gasteiger partial charge < -0.3 is 10.1 Å². The summed E-state index contributed by atoms with van der Waals surface area (Å²) in [6.45, 7) is 5.98. The molecule has 0 amide bonds. The van der Waals surface area contributed by atoms with E-state index in [1.807, 2.05) is 0 Å². The molecule has 0 spiro atoms. The summed E-state index contributed by atoms with van der Waals surface area (Å²) in [5, 5.41) is 3.67. The van der Waals surface area contributed by atoms with Crippen LogP contribution >= 0.6 is 0 Å². The number of likely N-dealkylation sites (N-methyl/N-ethyl adjacent to an activating group) is 1. The van der Waals surface area contributed by atoms with E-state index in [-0.39, 0.29) is 6.10 Å². The summed E-state index contributed by atoms with van der Waals surface area (Å²) < 4.78 is 6.13. The molecule has 116 valence electrons. The lowest BCUT2D eigenvalue weighted by molar-refractivity contribution is 0.0418. The zero-order valence-corrected chi connectivity index (χ0v) is 13.5. The van der Waals surface area contributed by atoms with Crippen molar-refractivity contribution in [3.05, 3.63) is 47.5 Å². The van der Waals surface area contributed by atoms with Crippen molar-refractivity contribution in [2.75, 3.05) is 13.2 Å². The Labute approximate surface area is 129 Å². The predicted octanol–water partition coefficient (Wildman–Crippen LogP) is 4.63. The lowest BCUT2D eigenvalue weighted by Gasteiger charge is -2.30. The van der Waals surface area contributed by atoms with Crippen LogP contribution in [0.4, 0.5) is 0 Å². The summed E-state index contributed by atoms with van der Waals surface area (Å²) in [7, 11) is 0. The standard InChI is InChI=1S/C19H29NO/c1-3-20-18(16-12-8-5-6-9-13-16)19(21-4-2)17-14-10-7-11-15-17/h7,10-12,14-15,18-20H,3-6,8-9,13H2,1-2H3. The van der Waals surface area contributed by atoms with Crippen molar-refractivity contribution in [1.29, 1.82) is 0 Å². The Morgan fingerprint density at radius 3 is 2.62 bits per heavy atom. The van der Waals surface area contributed by atoms with Crippen molar-refractivity contribution in [3.8, 4) is 0 Å². The normalized spacial score (nSPS) is 18.7. The summed E-state index contributed by atoms with van der Waals surface area (Å²) in [4.78, 5) is 0. The lowest BCUT2D eigenvalue weighted by atomic mass is 9.92. The first-order chi connectivity index (χ1) is 10.4. The molecular weight excluding hydrogens is 258 g/mol. The molecule has 0 aliphatic heterocycles. The van der Waals surface area contributed by atoms with E-state index in [0.717, 1.165) is 13.2 Å². The third-order valence-electron chi connectivity index (χ3n) is 4.18. The van der Waals surface area contributed by atoms with Gasteiger partial charge in [-0.1, -0.05) is 55.3 Å². The maximum Gasteiger partial charge on any atom is 0.102 e. The minimum absolute atomic E-state index is 0.112. The van der Waals surface area contributed by atoms with Gasteiger partial charge in [0.1, 0.15) is 6.10 Å². The smallest absolute Gasteiger partial charge is 0.102 e. The minimum atomic E-state index is 0.112. The molecule has 0 aromatic heterocycles. The minimum Gasteiger partial charge on any atom is -0.372 e. The van der Waals surface area contributed by atoms with Crippen LogP contribution in [0.3, 0.4) is 0 Å². The highest BCUT2D eigenvalue weighted by Gasteiger charge is 2.26. The van der Waals surface area contributed by atoms with Crippen LogP contribution in [0.25, 0.3) is 0 Å². The van der Waals surface area contributed by atoms with Crippen LogP contribution in [0.2, 0.25) is 0 Å². The number of benzene rings is 1. The fourth-order valence-corrected chi connectivity index (χ4v) is 3.18. The highest BCUT2D eigenvalue weighted by atomic mass is 16.5. The van der Waals surface area contributed by atoms with E-state index in [2.05, 4.69) is 55.6 Å². The molecule has 1 aromatic carbocycles. The number of allylic oxidation sites excluding steroid dienone is 1. The van der Waals surface area contributed by atoms with Crippen LogP contribution in [0.5, 0.6) is 0 Å². The third-order valence-corrected chi connectivity index (χ3v) is 4.18. The van der Waals surface area contributed by atoms with Gasteiger partial charge in [-0.2, -0.15) is 0 Å². The quantitative estimate of drug-likeness (QED) is 0.738. The second kappa shape index (κ2) is 9.01. The van der Waals surface area contributed by atoms with E-state index < -0.39 is 0 Å². The monoisotopic (exact) mass is 287 g/mol. The molecule has 2 rings (SSSR count). The van der Waals surface area contributed by atoms with E-state index >= 15 is 0 Å². The van der Waals surface area contributed by atoms with Crippen LogP contribution < -0.4 is 5.32 Å². The number of hydrogen-bond donors (Lipinski definition) is 1. The fourth-order valence-electron chi connectivity index (χ4n) is 3.18. The molecule has 0 bridgehead atoms. The topological polar surface area (TPSA) is 21.3 Å². The average Bonchev–Trinajstić information content (AvgIpc) is 2.81. The zero-order chi connectivity index (χ0) is 14.9. The maximum atomic E-state index is 6.13. The lowest BCUT2D eigenvalue weighted by Crippen LogP contribution is -2.38. The summed E-state index contributed by atoms with van der Waals surface area (Å²) in [5.74, 6) is 0. The van der Waals surface area contributed by atoms with Gasteiger partial charge in [-0.05, 0) is 44.7 Å². The van der Waals surface area contributed by atoms with Crippen LogP contribution in [0, 0.1) is 0 Å². The van der Waals surface area contributed by atoms with Gasteiger partial charge in [-0.15, -0.1) is 0 Å². The summed E-state index contributed by atoms with van der Waals surface area (Å²) in [6.07, 6.45) is 8.96. The first-order valence-corrected chi connectivity index (χ1v) is 8.45. The van der Waals surface area contributed by atoms with E-state index in [4.69, 9.17) is 4.74 Å². The van der Waals surface area contributed by atoms with E-state index in [9.17, 15) is 0 Å². The predicted molar refractivity (Wildman–Crippen MR) is 89.4 cm³/mol. The molecule has 0 heterocycles. The van der Waals surface area contributed by atoms with E-state index in [0.29, 0.717) is 6.04 Å². The first kappa shape index (κ1) is 16.3. The van der Waals surface area contributed by atoms with Gasteiger partial charge in [-0.3, -0.25) is 0 Å². The van der Waals surface area contributed by atoms with Gasteiger partial charge in [-0.25, -0.2) is 0 Å². The molecule has 1 aromatic rings. The molecule has 2 heteroatoms. The van der Waals surface area contributed by atoms with Crippen LogP contribution in [-0.4, -0.2) is 19.2 Å². The van der Waals surface area contributed by atoms with E-state index in [1.165, 1.54) is 43.2 Å². The second-order valence-electron chi connectivity index (χ2n) is 5.70. The van der Waals surface area contributed by atoms with Gasteiger partial charge >= 0.3 is 0 Å². The Morgan fingerprint density at radius 2 is 1.90 bits per heavy atom. The molecule has 0 saturated heterocycles. The highest BCUT2D eigenvalue weighted by molar-refractivity contribution is 5.25. The Bertz CT molecular complexity index is 426. The van der Waals surface area contributed by atoms with Gasteiger partial charge in [0.25, 0.3) is 0 Å². The van der Waals surface area contributed by atoms with Crippen LogP contribution in [0.15, 0.2) is 42.0 Å². The number of nitrogens with one attached hydrogen (secondary N) is 1. The van der Waals surface area contributed by atoms with Gasteiger partial charge in [0.05, 0.1) is 6.04 Å². The number of hydrogen-bond acceptors (Lipinski definition) is 2. The summed E-state index contributed by atoms with van der Waals surface area (Å²) in [6, 6.07) is 10.9. The highest BCUT2D eigenvalue weighted by Crippen LogP contribution is 2.30. The fraction of sp³-hybridized carbons (Fsp3) is 0.579. The molecule has 0 radical (unpaired) electrons. The van der Waals surface area contributed by atoms with Crippen molar-refractivity contribution in [2.45, 2.75) is 58.1 Å². The zero-order valence-electron chi connectivity index (χ0n) is 13.5. The summed E-state index contributed by atoms with van der Waals surface area (Å²) in [5.41, 5.74) is 2.81. The molecule has 2 atom stereocenters. The third kappa shape index (κ3) is 4.69. The molecule has 1 aliphatic rings. The average molecular weight is 287 g/mol. The number of rotatable bonds is 7. The van der Waals surface area contributed by atoms with Gasteiger partial charge in [0.2, 0.25) is 0 Å². The van der Waals surface area contributed by atoms with Crippen molar-refractivity contribution in [1.82, 2.24) is 5.32 Å². The van der Waals surface area contributed by atoms with Gasteiger partial charge in [0, 0.05) is 6.61 Å². The Hall–Kier alpha value is -1.12.